The highest BCUT2D eigenvalue weighted by atomic mass is 32.2. The van der Waals surface area contributed by atoms with Gasteiger partial charge < -0.3 is 11.1 Å². The number of nitrogens with one attached hydrogen (secondary N) is 1. The van der Waals surface area contributed by atoms with E-state index in [1.54, 1.807) is 54.6 Å². The molecule has 5 nitrogen and oxygen atoms in total. The number of carbonyl (C=O) groups is 1. The molecule has 0 aliphatic carbocycles. The summed E-state index contributed by atoms with van der Waals surface area (Å²) in [6.07, 6.45) is 0.688. The van der Waals surface area contributed by atoms with E-state index in [-0.39, 0.29) is 22.6 Å². The van der Waals surface area contributed by atoms with Crippen LogP contribution in [0.15, 0.2) is 59.5 Å². The van der Waals surface area contributed by atoms with Gasteiger partial charge in [-0.15, -0.1) is 0 Å². The Hall–Kier alpha value is -2.18. The first kappa shape index (κ1) is 18.2. The van der Waals surface area contributed by atoms with Gasteiger partial charge in [0.2, 0.25) is 0 Å². The van der Waals surface area contributed by atoms with Crippen molar-refractivity contribution in [3.8, 4) is 0 Å². The van der Waals surface area contributed by atoms with E-state index in [1.807, 2.05) is 6.92 Å². The molecule has 0 fully saturated rings. The van der Waals surface area contributed by atoms with Gasteiger partial charge in [-0.3, -0.25) is 4.79 Å². The van der Waals surface area contributed by atoms with Gasteiger partial charge in [0.15, 0.2) is 9.84 Å². The zero-order valence-electron chi connectivity index (χ0n) is 13.6. The third-order valence-corrected chi connectivity index (χ3v) is 5.24. The van der Waals surface area contributed by atoms with Gasteiger partial charge in [-0.25, -0.2) is 8.42 Å². The van der Waals surface area contributed by atoms with Crippen molar-refractivity contribution in [3.05, 3.63) is 65.7 Å². The Morgan fingerprint density at radius 1 is 1.12 bits per heavy atom. The van der Waals surface area contributed by atoms with Gasteiger partial charge in [0.05, 0.1) is 10.6 Å². The average molecular weight is 346 g/mol. The summed E-state index contributed by atoms with van der Waals surface area (Å²) in [5.41, 5.74) is 6.68. The molecule has 0 saturated heterocycles. The Morgan fingerprint density at radius 2 is 1.83 bits per heavy atom. The lowest BCUT2D eigenvalue weighted by atomic mass is 10.1. The van der Waals surface area contributed by atoms with Crippen LogP contribution in [0.2, 0.25) is 0 Å². The van der Waals surface area contributed by atoms with Crippen molar-refractivity contribution >= 4 is 15.7 Å². The van der Waals surface area contributed by atoms with Crippen molar-refractivity contribution in [1.82, 2.24) is 5.32 Å². The SMILES string of the molecule is CC(N)CCNC(=O)c1cccc(CS(=O)(=O)c2ccccc2)c1. The van der Waals surface area contributed by atoms with E-state index < -0.39 is 9.84 Å². The molecule has 0 aromatic heterocycles. The van der Waals surface area contributed by atoms with Gasteiger partial charge in [0.1, 0.15) is 0 Å². The highest BCUT2D eigenvalue weighted by molar-refractivity contribution is 7.90. The van der Waals surface area contributed by atoms with E-state index in [2.05, 4.69) is 5.32 Å². The summed E-state index contributed by atoms with van der Waals surface area (Å²) in [6, 6.07) is 15.0. The Kier molecular flexibility index (Phi) is 6.11. The smallest absolute Gasteiger partial charge is 0.251 e. The van der Waals surface area contributed by atoms with Crippen molar-refractivity contribution in [1.29, 1.82) is 0 Å². The fourth-order valence-electron chi connectivity index (χ4n) is 2.25. The topological polar surface area (TPSA) is 89.3 Å². The Balaban J connectivity index is 2.09. The molecule has 2 aromatic carbocycles. The third-order valence-electron chi connectivity index (χ3n) is 3.53. The Bertz CT molecular complexity index is 787. The molecule has 0 radical (unpaired) electrons. The van der Waals surface area contributed by atoms with Crippen LogP contribution in [0.4, 0.5) is 0 Å². The minimum atomic E-state index is -3.43. The molecule has 0 aliphatic rings. The van der Waals surface area contributed by atoms with Gasteiger partial charge in [-0.2, -0.15) is 0 Å². The monoisotopic (exact) mass is 346 g/mol. The Labute approximate surface area is 142 Å². The molecule has 0 bridgehead atoms. The fourth-order valence-corrected chi connectivity index (χ4v) is 3.61. The van der Waals surface area contributed by atoms with Crippen LogP contribution < -0.4 is 11.1 Å². The van der Waals surface area contributed by atoms with Crippen molar-refractivity contribution in [2.75, 3.05) is 6.54 Å². The number of hydrogen-bond donors (Lipinski definition) is 2. The van der Waals surface area contributed by atoms with Crippen LogP contribution >= 0.6 is 0 Å². The molecule has 128 valence electrons. The molecule has 3 N–H and O–H groups in total. The van der Waals surface area contributed by atoms with E-state index >= 15 is 0 Å². The maximum absolute atomic E-state index is 12.4. The van der Waals surface area contributed by atoms with E-state index in [0.717, 1.165) is 0 Å². The molecule has 0 saturated carbocycles. The maximum atomic E-state index is 12.4. The lowest BCUT2D eigenvalue weighted by molar-refractivity contribution is 0.0952. The second-order valence-electron chi connectivity index (χ2n) is 5.79. The number of sulfone groups is 1. The summed E-state index contributed by atoms with van der Waals surface area (Å²) in [4.78, 5) is 12.4. The van der Waals surface area contributed by atoms with Crippen LogP contribution in [-0.2, 0) is 15.6 Å². The molecule has 1 amide bonds. The first-order valence-corrected chi connectivity index (χ1v) is 9.44. The van der Waals surface area contributed by atoms with Crippen LogP contribution in [0.1, 0.15) is 29.3 Å². The van der Waals surface area contributed by atoms with Crippen LogP contribution in [-0.4, -0.2) is 26.9 Å². The van der Waals surface area contributed by atoms with Crippen LogP contribution in [0.5, 0.6) is 0 Å². The normalized spacial score (nSPS) is 12.6. The van der Waals surface area contributed by atoms with Gasteiger partial charge >= 0.3 is 0 Å². The van der Waals surface area contributed by atoms with Crippen molar-refractivity contribution in [2.45, 2.75) is 30.0 Å². The van der Waals surface area contributed by atoms with E-state index in [9.17, 15) is 13.2 Å². The number of rotatable bonds is 7. The molecule has 1 unspecified atom stereocenters. The molecule has 6 heteroatoms. The first-order chi connectivity index (χ1) is 11.4. The second kappa shape index (κ2) is 8.08. The molecule has 1 atom stereocenters. The minimum absolute atomic E-state index is 0.0210. The largest absolute Gasteiger partial charge is 0.352 e. The quantitative estimate of drug-likeness (QED) is 0.804. The van der Waals surface area contributed by atoms with Crippen molar-refractivity contribution in [2.24, 2.45) is 5.73 Å². The number of carbonyl (C=O) groups excluding carboxylic acids is 1. The highest BCUT2D eigenvalue weighted by Gasteiger charge is 2.16. The molecule has 2 aromatic rings. The van der Waals surface area contributed by atoms with Crippen LogP contribution in [0.3, 0.4) is 0 Å². The summed E-state index contributed by atoms with van der Waals surface area (Å²) in [5.74, 6) is -0.368. The first-order valence-electron chi connectivity index (χ1n) is 7.79. The predicted molar refractivity (Wildman–Crippen MR) is 94.4 cm³/mol. The zero-order chi connectivity index (χ0) is 17.6. The molecular weight excluding hydrogens is 324 g/mol. The van der Waals surface area contributed by atoms with E-state index in [4.69, 9.17) is 5.73 Å². The fraction of sp³-hybridized carbons (Fsp3) is 0.278. The van der Waals surface area contributed by atoms with Gasteiger partial charge in [0.25, 0.3) is 5.91 Å². The molecule has 0 heterocycles. The number of benzene rings is 2. The zero-order valence-corrected chi connectivity index (χ0v) is 14.4. The molecule has 0 spiro atoms. The summed E-state index contributed by atoms with van der Waals surface area (Å²) >= 11 is 0. The van der Waals surface area contributed by atoms with E-state index in [1.165, 1.54) is 0 Å². The minimum Gasteiger partial charge on any atom is -0.352 e. The van der Waals surface area contributed by atoms with Gasteiger partial charge in [-0.1, -0.05) is 30.3 Å². The van der Waals surface area contributed by atoms with Crippen molar-refractivity contribution < 1.29 is 13.2 Å². The van der Waals surface area contributed by atoms with Gasteiger partial charge in [0, 0.05) is 18.2 Å². The van der Waals surface area contributed by atoms with Crippen LogP contribution in [0.25, 0.3) is 0 Å². The van der Waals surface area contributed by atoms with Crippen LogP contribution in [0, 0.1) is 0 Å². The summed E-state index contributed by atoms with van der Waals surface area (Å²) in [6.45, 7) is 2.37. The third kappa shape index (κ3) is 5.18. The van der Waals surface area contributed by atoms with E-state index in [0.29, 0.717) is 24.1 Å². The molecular formula is C18H22N2O3S. The number of amides is 1. The van der Waals surface area contributed by atoms with Crippen molar-refractivity contribution in [3.63, 3.8) is 0 Å². The molecule has 2 rings (SSSR count). The lowest BCUT2D eigenvalue weighted by Crippen LogP contribution is -2.29. The molecule has 24 heavy (non-hydrogen) atoms. The maximum Gasteiger partial charge on any atom is 0.251 e. The number of hydrogen-bond acceptors (Lipinski definition) is 4. The summed E-state index contributed by atoms with van der Waals surface area (Å²) in [5, 5.41) is 2.78. The van der Waals surface area contributed by atoms with Gasteiger partial charge in [-0.05, 0) is 43.2 Å². The summed E-state index contributed by atoms with van der Waals surface area (Å²) < 4.78 is 24.8. The second-order valence-corrected chi connectivity index (χ2v) is 7.78. The Morgan fingerprint density at radius 3 is 2.50 bits per heavy atom. The summed E-state index contributed by atoms with van der Waals surface area (Å²) in [7, 11) is -3.43. The lowest BCUT2D eigenvalue weighted by Gasteiger charge is -2.09. The molecule has 0 aliphatic heterocycles. The standard InChI is InChI=1S/C18H22N2O3S/c1-14(19)10-11-20-18(21)16-7-5-6-15(12-16)13-24(22,23)17-8-3-2-4-9-17/h2-9,12,14H,10-11,13,19H2,1H3,(H,20,21). The predicted octanol–water partition coefficient (Wildman–Crippen LogP) is 2.13. The highest BCUT2D eigenvalue weighted by Crippen LogP contribution is 2.17. The average Bonchev–Trinajstić information content (AvgIpc) is 2.55. The number of nitrogens with two attached hydrogens (primary N) is 1.